The molecule has 25 heavy (non-hydrogen) atoms. The minimum atomic E-state index is -0.273. The number of para-hydroxylation sites is 2. The molecule has 2 heterocycles. The predicted octanol–water partition coefficient (Wildman–Crippen LogP) is 1.99. The van der Waals surface area contributed by atoms with Gasteiger partial charge in [-0.1, -0.05) is 12.1 Å². The number of nitrogens with zero attached hydrogens (tertiary/aromatic N) is 2. The number of rotatable bonds is 7. The maximum Gasteiger partial charge on any atom is 0.286 e. The summed E-state index contributed by atoms with van der Waals surface area (Å²) in [7, 11) is 1.93. The number of amides is 2. The first-order valence-electron chi connectivity index (χ1n) is 8.14. The lowest BCUT2D eigenvalue weighted by Gasteiger charge is -2.06. The summed E-state index contributed by atoms with van der Waals surface area (Å²) in [4.78, 5) is 28.1. The highest BCUT2D eigenvalue weighted by Gasteiger charge is 2.10. The number of carbonyl (C=O) groups excluding carboxylic acids is 2. The smallest absolute Gasteiger partial charge is 0.286 e. The van der Waals surface area contributed by atoms with E-state index in [4.69, 9.17) is 4.42 Å². The quantitative estimate of drug-likeness (QED) is 0.644. The molecular weight excluding hydrogens is 320 g/mol. The highest BCUT2D eigenvalue weighted by atomic mass is 16.3. The fraction of sp³-hybridized carbons (Fsp3) is 0.278. The Balaban J connectivity index is 1.40. The van der Waals surface area contributed by atoms with E-state index in [0.29, 0.717) is 25.9 Å². The largest absolute Gasteiger partial charge is 0.459 e. The van der Waals surface area contributed by atoms with Crippen molar-refractivity contribution in [2.45, 2.75) is 19.4 Å². The van der Waals surface area contributed by atoms with Crippen molar-refractivity contribution in [1.82, 2.24) is 20.2 Å². The normalized spacial score (nSPS) is 10.8. The van der Waals surface area contributed by atoms with Crippen LogP contribution >= 0.6 is 0 Å². The molecule has 0 aliphatic heterocycles. The first-order valence-corrected chi connectivity index (χ1v) is 8.14. The maximum absolute atomic E-state index is 11.9. The Labute approximate surface area is 145 Å². The van der Waals surface area contributed by atoms with Gasteiger partial charge in [0.25, 0.3) is 5.91 Å². The summed E-state index contributed by atoms with van der Waals surface area (Å²) in [6.45, 7) is 0.794. The Morgan fingerprint density at radius 1 is 1.16 bits per heavy atom. The van der Waals surface area contributed by atoms with Gasteiger partial charge in [-0.05, 0) is 30.7 Å². The highest BCUT2D eigenvalue weighted by Crippen LogP contribution is 2.13. The highest BCUT2D eigenvalue weighted by molar-refractivity contribution is 5.91. The Morgan fingerprint density at radius 2 is 2.00 bits per heavy atom. The van der Waals surface area contributed by atoms with E-state index in [2.05, 4.69) is 15.6 Å². The SMILES string of the molecule is Cn1c(CNC(=O)CCCNC(=O)c2ccco2)nc2ccccc21. The lowest BCUT2D eigenvalue weighted by atomic mass is 10.3. The van der Waals surface area contributed by atoms with Crippen LogP contribution in [0.5, 0.6) is 0 Å². The zero-order valence-electron chi connectivity index (χ0n) is 14.0. The van der Waals surface area contributed by atoms with Gasteiger partial charge in [0.05, 0.1) is 23.8 Å². The van der Waals surface area contributed by atoms with Crippen LogP contribution in [0.1, 0.15) is 29.2 Å². The number of aryl methyl sites for hydroxylation is 1. The van der Waals surface area contributed by atoms with E-state index in [1.165, 1.54) is 6.26 Å². The lowest BCUT2D eigenvalue weighted by molar-refractivity contribution is -0.121. The Kier molecular flexibility index (Phi) is 5.13. The summed E-state index contributed by atoms with van der Waals surface area (Å²) in [5.74, 6) is 0.733. The summed E-state index contributed by atoms with van der Waals surface area (Å²) in [6, 6.07) is 11.1. The predicted molar refractivity (Wildman–Crippen MR) is 92.8 cm³/mol. The average Bonchev–Trinajstić information content (AvgIpc) is 3.26. The molecule has 2 aromatic heterocycles. The third-order valence-corrected chi connectivity index (χ3v) is 3.93. The molecule has 0 saturated carbocycles. The fourth-order valence-corrected chi connectivity index (χ4v) is 2.57. The second-order valence-corrected chi connectivity index (χ2v) is 5.69. The minimum absolute atomic E-state index is 0.0701. The van der Waals surface area contributed by atoms with Crippen LogP contribution in [0.3, 0.4) is 0 Å². The van der Waals surface area contributed by atoms with E-state index in [-0.39, 0.29) is 17.6 Å². The number of aromatic nitrogens is 2. The van der Waals surface area contributed by atoms with Crippen molar-refractivity contribution in [3.8, 4) is 0 Å². The molecule has 2 N–H and O–H groups in total. The molecule has 2 amide bonds. The molecule has 0 atom stereocenters. The number of benzene rings is 1. The average molecular weight is 340 g/mol. The second-order valence-electron chi connectivity index (χ2n) is 5.69. The van der Waals surface area contributed by atoms with Crippen LogP contribution in [0.25, 0.3) is 11.0 Å². The van der Waals surface area contributed by atoms with Crippen LogP contribution in [-0.2, 0) is 18.4 Å². The van der Waals surface area contributed by atoms with Crippen LogP contribution in [0.2, 0.25) is 0 Å². The molecule has 3 aromatic rings. The van der Waals surface area contributed by atoms with Crippen LogP contribution in [0.4, 0.5) is 0 Å². The maximum atomic E-state index is 11.9. The van der Waals surface area contributed by atoms with E-state index in [1.807, 2.05) is 35.9 Å². The Hall–Kier alpha value is -3.09. The van der Waals surface area contributed by atoms with E-state index in [1.54, 1.807) is 12.1 Å². The molecular formula is C18H20N4O3. The number of carbonyl (C=O) groups is 2. The van der Waals surface area contributed by atoms with Gasteiger partial charge in [-0.3, -0.25) is 9.59 Å². The Bertz CT molecular complexity index is 868. The molecule has 0 aliphatic carbocycles. The molecule has 0 radical (unpaired) electrons. The van der Waals surface area contributed by atoms with Gasteiger partial charge in [0, 0.05) is 20.0 Å². The van der Waals surface area contributed by atoms with Crippen molar-refractivity contribution in [2.75, 3.05) is 6.54 Å². The van der Waals surface area contributed by atoms with Gasteiger partial charge in [0.1, 0.15) is 5.82 Å². The number of hydrogen-bond donors (Lipinski definition) is 2. The van der Waals surface area contributed by atoms with Crippen molar-refractivity contribution in [2.24, 2.45) is 7.05 Å². The third kappa shape index (κ3) is 4.06. The molecule has 0 spiro atoms. The van der Waals surface area contributed by atoms with Gasteiger partial charge < -0.3 is 19.6 Å². The van der Waals surface area contributed by atoms with Crippen LogP contribution in [0, 0.1) is 0 Å². The first kappa shape index (κ1) is 16.8. The molecule has 7 heteroatoms. The van der Waals surface area contributed by atoms with Gasteiger partial charge in [0.2, 0.25) is 5.91 Å². The number of nitrogens with one attached hydrogen (secondary N) is 2. The summed E-state index contributed by atoms with van der Waals surface area (Å²) in [5, 5.41) is 5.57. The molecule has 0 fully saturated rings. The summed E-state index contributed by atoms with van der Waals surface area (Å²) in [6.07, 6.45) is 2.34. The summed E-state index contributed by atoms with van der Waals surface area (Å²) in [5.41, 5.74) is 1.95. The van der Waals surface area contributed by atoms with E-state index in [9.17, 15) is 9.59 Å². The number of fused-ring (bicyclic) bond motifs is 1. The van der Waals surface area contributed by atoms with E-state index >= 15 is 0 Å². The van der Waals surface area contributed by atoms with Crippen molar-refractivity contribution in [3.05, 3.63) is 54.2 Å². The molecule has 0 bridgehead atoms. The van der Waals surface area contributed by atoms with Gasteiger partial charge >= 0.3 is 0 Å². The number of hydrogen-bond acceptors (Lipinski definition) is 4. The third-order valence-electron chi connectivity index (χ3n) is 3.93. The fourth-order valence-electron chi connectivity index (χ4n) is 2.57. The van der Waals surface area contributed by atoms with Gasteiger partial charge in [-0.15, -0.1) is 0 Å². The monoisotopic (exact) mass is 340 g/mol. The Morgan fingerprint density at radius 3 is 2.76 bits per heavy atom. The van der Waals surface area contributed by atoms with Crippen LogP contribution < -0.4 is 10.6 Å². The van der Waals surface area contributed by atoms with Gasteiger partial charge in [-0.2, -0.15) is 0 Å². The second kappa shape index (κ2) is 7.65. The molecule has 0 aliphatic rings. The van der Waals surface area contributed by atoms with Gasteiger partial charge in [0.15, 0.2) is 5.76 Å². The number of imidazole rings is 1. The zero-order chi connectivity index (χ0) is 17.6. The topological polar surface area (TPSA) is 89.2 Å². The zero-order valence-corrected chi connectivity index (χ0v) is 14.0. The van der Waals surface area contributed by atoms with E-state index < -0.39 is 0 Å². The van der Waals surface area contributed by atoms with Crippen molar-refractivity contribution in [3.63, 3.8) is 0 Å². The number of furan rings is 1. The molecule has 0 saturated heterocycles. The summed E-state index contributed by atoms with van der Waals surface area (Å²) >= 11 is 0. The van der Waals surface area contributed by atoms with Crippen molar-refractivity contribution >= 4 is 22.8 Å². The van der Waals surface area contributed by atoms with Crippen LogP contribution in [-0.4, -0.2) is 27.9 Å². The molecule has 7 nitrogen and oxygen atoms in total. The van der Waals surface area contributed by atoms with Crippen LogP contribution in [0.15, 0.2) is 47.1 Å². The van der Waals surface area contributed by atoms with Crippen molar-refractivity contribution < 1.29 is 14.0 Å². The molecule has 0 unspecified atom stereocenters. The molecule has 130 valence electrons. The summed E-state index contributed by atoms with van der Waals surface area (Å²) < 4.78 is 6.97. The van der Waals surface area contributed by atoms with Gasteiger partial charge in [-0.25, -0.2) is 4.98 Å². The van der Waals surface area contributed by atoms with E-state index in [0.717, 1.165) is 16.9 Å². The minimum Gasteiger partial charge on any atom is -0.459 e. The molecule has 3 rings (SSSR count). The first-order chi connectivity index (χ1) is 12.1. The molecule has 1 aromatic carbocycles. The lowest BCUT2D eigenvalue weighted by Crippen LogP contribution is -2.27. The standard InChI is InChI=1S/C18H20N4O3/c1-22-14-7-3-2-6-13(14)21-16(22)12-20-17(23)9-4-10-19-18(24)15-8-5-11-25-15/h2-3,5-8,11H,4,9-10,12H2,1H3,(H,19,24)(H,20,23). The van der Waals surface area contributed by atoms with Crippen molar-refractivity contribution in [1.29, 1.82) is 0 Å².